The number of nitrogens with zero attached hydrogens (tertiary/aromatic N) is 2. The van der Waals surface area contributed by atoms with Gasteiger partial charge in [0.1, 0.15) is 5.75 Å². The third-order valence-electron chi connectivity index (χ3n) is 5.97. The molecule has 2 amide bonds. The fourth-order valence-corrected chi connectivity index (χ4v) is 5.65. The van der Waals surface area contributed by atoms with Gasteiger partial charge in [-0.05, 0) is 61.9 Å². The average Bonchev–Trinajstić information content (AvgIpc) is 3.15. The molecule has 0 unspecified atom stereocenters. The molecule has 1 heterocycles. The van der Waals surface area contributed by atoms with Crippen LogP contribution in [-0.4, -0.2) is 69.3 Å². The number of carbonyl (C=O) groups excluding carboxylic acids is 2. The number of hydrogen-bond donors (Lipinski definition) is 2. The standard InChI is InChI=1S/C25H33ClN4O5S/c1-3-29(17-24(31)27-19-8-10-20(35-2)11-9-19)18-25(32)28-23-16-21(12-13-22(23)26)36(33,34)30-14-6-4-5-7-15-30/h8-13,16H,3-7,14-15,17-18H2,1-2H3,(H,27,31)(H,28,32). The van der Waals surface area contributed by atoms with E-state index in [0.717, 1.165) is 25.7 Å². The van der Waals surface area contributed by atoms with E-state index in [1.807, 2.05) is 6.92 Å². The summed E-state index contributed by atoms with van der Waals surface area (Å²) in [5.74, 6) is 0.0144. The zero-order chi connectivity index (χ0) is 26.1. The first-order valence-electron chi connectivity index (χ1n) is 12.0. The second kappa shape index (κ2) is 13.0. The van der Waals surface area contributed by atoms with Gasteiger partial charge in [-0.15, -0.1) is 0 Å². The maximum atomic E-state index is 13.1. The molecule has 2 aromatic rings. The molecule has 0 bridgehead atoms. The molecule has 0 atom stereocenters. The van der Waals surface area contributed by atoms with Gasteiger partial charge < -0.3 is 15.4 Å². The predicted octanol–water partition coefficient (Wildman–Crippen LogP) is 3.81. The minimum atomic E-state index is -3.69. The normalized spacial score (nSPS) is 14.8. The molecule has 0 aromatic heterocycles. The Bertz CT molecular complexity index is 1150. The van der Waals surface area contributed by atoms with Crippen LogP contribution in [0.15, 0.2) is 47.4 Å². The number of halogens is 1. The zero-order valence-corrected chi connectivity index (χ0v) is 22.2. The van der Waals surface area contributed by atoms with Crippen LogP contribution in [0.2, 0.25) is 5.02 Å². The zero-order valence-electron chi connectivity index (χ0n) is 20.6. The van der Waals surface area contributed by atoms with Crippen molar-refractivity contribution in [3.63, 3.8) is 0 Å². The second-order valence-corrected chi connectivity index (χ2v) is 10.9. The Morgan fingerprint density at radius 2 is 1.58 bits per heavy atom. The van der Waals surface area contributed by atoms with E-state index in [0.29, 0.717) is 31.1 Å². The van der Waals surface area contributed by atoms with Crippen LogP contribution >= 0.6 is 11.6 Å². The van der Waals surface area contributed by atoms with Gasteiger partial charge in [-0.1, -0.05) is 31.4 Å². The summed E-state index contributed by atoms with van der Waals surface area (Å²) in [4.78, 5) is 26.9. The van der Waals surface area contributed by atoms with E-state index in [2.05, 4.69) is 10.6 Å². The van der Waals surface area contributed by atoms with E-state index >= 15 is 0 Å². The van der Waals surface area contributed by atoms with Crippen LogP contribution in [0.4, 0.5) is 11.4 Å². The lowest BCUT2D eigenvalue weighted by Crippen LogP contribution is -2.38. The van der Waals surface area contributed by atoms with Crippen molar-refractivity contribution in [3.05, 3.63) is 47.5 Å². The van der Waals surface area contributed by atoms with E-state index in [1.165, 1.54) is 22.5 Å². The molecule has 1 aliphatic rings. The lowest BCUT2D eigenvalue weighted by atomic mass is 10.2. The van der Waals surface area contributed by atoms with Crippen molar-refractivity contribution in [3.8, 4) is 5.75 Å². The third-order valence-corrected chi connectivity index (χ3v) is 8.19. The lowest BCUT2D eigenvalue weighted by Gasteiger charge is -2.21. The van der Waals surface area contributed by atoms with Gasteiger partial charge >= 0.3 is 0 Å². The molecule has 0 radical (unpaired) electrons. The highest BCUT2D eigenvalue weighted by Gasteiger charge is 2.26. The summed E-state index contributed by atoms with van der Waals surface area (Å²) in [6, 6.07) is 11.3. The number of sulfonamides is 1. The van der Waals surface area contributed by atoms with Crippen molar-refractivity contribution in [1.29, 1.82) is 0 Å². The molecule has 36 heavy (non-hydrogen) atoms. The number of methoxy groups -OCH3 is 1. The molecule has 196 valence electrons. The maximum absolute atomic E-state index is 13.1. The van der Waals surface area contributed by atoms with E-state index in [9.17, 15) is 18.0 Å². The monoisotopic (exact) mass is 536 g/mol. The van der Waals surface area contributed by atoms with Crippen molar-refractivity contribution in [1.82, 2.24) is 9.21 Å². The number of ether oxygens (including phenoxy) is 1. The summed E-state index contributed by atoms with van der Waals surface area (Å²) in [6.45, 7) is 3.21. The van der Waals surface area contributed by atoms with Crippen LogP contribution < -0.4 is 15.4 Å². The molecule has 11 heteroatoms. The van der Waals surface area contributed by atoms with Crippen molar-refractivity contribution in [2.75, 3.05) is 50.5 Å². The molecule has 9 nitrogen and oxygen atoms in total. The van der Waals surface area contributed by atoms with Crippen LogP contribution in [0.5, 0.6) is 5.75 Å². The van der Waals surface area contributed by atoms with Crippen LogP contribution in [-0.2, 0) is 19.6 Å². The second-order valence-electron chi connectivity index (χ2n) is 8.59. The Hall–Kier alpha value is -2.66. The molecule has 1 saturated heterocycles. The van der Waals surface area contributed by atoms with Crippen molar-refractivity contribution in [2.45, 2.75) is 37.5 Å². The minimum Gasteiger partial charge on any atom is -0.497 e. The van der Waals surface area contributed by atoms with E-state index in [-0.39, 0.29) is 34.6 Å². The molecule has 1 fully saturated rings. The van der Waals surface area contributed by atoms with Gasteiger partial charge in [0.05, 0.1) is 35.8 Å². The number of nitrogens with one attached hydrogen (secondary N) is 2. The number of anilines is 2. The van der Waals surface area contributed by atoms with E-state index in [4.69, 9.17) is 16.3 Å². The van der Waals surface area contributed by atoms with Crippen molar-refractivity contribution < 1.29 is 22.7 Å². The van der Waals surface area contributed by atoms with Gasteiger partial charge in [-0.3, -0.25) is 14.5 Å². The largest absolute Gasteiger partial charge is 0.497 e. The van der Waals surface area contributed by atoms with Crippen LogP contribution in [0.1, 0.15) is 32.6 Å². The van der Waals surface area contributed by atoms with Crippen LogP contribution in [0, 0.1) is 0 Å². The number of rotatable bonds is 10. The quantitative estimate of drug-likeness (QED) is 0.478. The fraction of sp³-hybridized carbons (Fsp3) is 0.440. The first-order valence-corrected chi connectivity index (χ1v) is 13.8. The van der Waals surface area contributed by atoms with Gasteiger partial charge in [0.2, 0.25) is 21.8 Å². The molecule has 2 aromatic carbocycles. The Morgan fingerprint density at radius 1 is 0.972 bits per heavy atom. The molecule has 0 spiro atoms. The summed E-state index contributed by atoms with van der Waals surface area (Å²) in [7, 11) is -2.12. The lowest BCUT2D eigenvalue weighted by molar-refractivity contribution is -0.119. The van der Waals surface area contributed by atoms with Crippen LogP contribution in [0.3, 0.4) is 0 Å². The Kier molecular flexibility index (Phi) is 10.1. The highest BCUT2D eigenvalue weighted by atomic mass is 35.5. The highest BCUT2D eigenvalue weighted by Crippen LogP contribution is 2.28. The van der Waals surface area contributed by atoms with Crippen molar-refractivity contribution in [2.24, 2.45) is 0 Å². The smallest absolute Gasteiger partial charge is 0.243 e. The number of amides is 2. The number of hydrogen-bond acceptors (Lipinski definition) is 6. The van der Waals surface area contributed by atoms with E-state index in [1.54, 1.807) is 36.3 Å². The first kappa shape index (κ1) is 27.9. The summed E-state index contributed by atoms with van der Waals surface area (Å²) in [5.41, 5.74) is 0.840. The Balaban J connectivity index is 1.61. The first-order chi connectivity index (χ1) is 17.2. The molecule has 3 rings (SSSR count). The van der Waals surface area contributed by atoms with Gasteiger partial charge in [-0.2, -0.15) is 4.31 Å². The molecule has 1 aliphatic heterocycles. The fourth-order valence-electron chi connectivity index (χ4n) is 3.94. The highest BCUT2D eigenvalue weighted by molar-refractivity contribution is 7.89. The predicted molar refractivity (Wildman–Crippen MR) is 141 cm³/mol. The Morgan fingerprint density at radius 3 is 2.17 bits per heavy atom. The molecule has 2 N–H and O–H groups in total. The number of carbonyl (C=O) groups is 2. The van der Waals surface area contributed by atoms with Gasteiger partial charge in [0.25, 0.3) is 0 Å². The molecular formula is C25H33ClN4O5S. The minimum absolute atomic E-state index is 0.00700. The van der Waals surface area contributed by atoms with Crippen LogP contribution in [0.25, 0.3) is 0 Å². The summed E-state index contributed by atoms with van der Waals surface area (Å²) < 4.78 is 32.9. The third kappa shape index (κ3) is 7.67. The molecular weight excluding hydrogens is 504 g/mol. The van der Waals surface area contributed by atoms with Gasteiger partial charge in [0, 0.05) is 18.8 Å². The number of likely N-dealkylation sites (N-methyl/N-ethyl adjacent to an activating group) is 1. The van der Waals surface area contributed by atoms with Gasteiger partial charge in [0.15, 0.2) is 0 Å². The summed E-state index contributed by atoms with van der Waals surface area (Å²) in [6.07, 6.45) is 3.69. The average molecular weight is 537 g/mol. The van der Waals surface area contributed by atoms with Crippen molar-refractivity contribution >= 4 is 44.8 Å². The summed E-state index contributed by atoms with van der Waals surface area (Å²) in [5, 5.41) is 5.72. The summed E-state index contributed by atoms with van der Waals surface area (Å²) >= 11 is 6.26. The van der Waals surface area contributed by atoms with Gasteiger partial charge in [-0.25, -0.2) is 8.42 Å². The maximum Gasteiger partial charge on any atom is 0.243 e. The molecule has 0 saturated carbocycles. The Labute approximate surface area is 217 Å². The topological polar surface area (TPSA) is 108 Å². The molecule has 0 aliphatic carbocycles. The number of benzene rings is 2. The SMILES string of the molecule is CCN(CC(=O)Nc1ccc(OC)cc1)CC(=O)Nc1cc(S(=O)(=O)N2CCCCCC2)ccc1Cl. The van der Waals surface area contributed by atoms with E-state index < -0.39 is 15.9 Å².